The third kappa shape index (κ3) is 18.4. The van der Waals surface area contributed by atoms with Gasteiger partial charge in [0.25, 0.3) is 0 Å². The minimum absolute atomic E-state index is 0.327. The molecule has 324 valence electrons. The number of rotatable bonds is 28. The number of ether oxygens (including phenoxy) is 6. The molecule has 4 rings (SSSR count). The maximum absolute atomic E-state index is 12.8. The minimum Gasteiger partial charge on any atom is -0.494 e. The summed E-state index contributed by atoms with van der Waals surface area (Å²) < 4.78 is 32.8. The van der Waals surface area contributed by atoms with Crippen molar-refractivity contribution in [3.63, 3.8) is 0 Å². The van der Waals surface area contributed by atoms with Gasteiger partial charge in [0.05, 0.1) is 37.6 Å². The number of aryl methyl sites for hydroxylation is 2. The largest absolute Gasteiger partial charge is 0.494 e. The van der Waals surface area contributed by atoms with E-state index in [2.05, 4.69) is 13.2 Å². The second-order valence-corrected chi connectivity index (χ2v) is 16.3. The molecule has 0 aromatic heterocycles. The fourth-order valence-corrected chi connectivity index (χ4v) is 7.54. The van der Waals surface area contributed by atoms with Gasteiger partial charge in [-0.05, 0) is 160 Å². The molecule has 0 amide bonds. The Morgan fingerprint density at radius 1 is 0.492 bits per heavy atom. The molecule has 0 saturated heterocycles. The van der Waals surface area contributed by atoms with E-state index in [1.54, 1.807) is 72.1 Å². The molecule has 0 aliphatic carbocycles. The number of unbranched alkanes of at least 4 members (excludes halogenated alkanes) is 6. The van der Waals surface area contributed by atoms with Crippen LogP contribution in [0.3, 0.4) is 0 Å². The standard InChI is InChI=1S/C49H56O10S2/c1-5-46(50)56-30-12-10-28-54-40-20-26-44(36(3)34-40)58-48(52)38-16-22-42(23-17-38)60-32-14-8-7-9-15-33-61-43-24-18-39(19-25-43)49(53)59-45-27-21-41(35-37(45)4)55-29-11-13-31-57-47(51)6-2/h5-6,16-27,34-35H,1-2,7-15,28-33H2,3-4H3. The van der Waals surface area contributed by atoms with E-state index in [0.717, 1.165) is 70.3 Å². The van der Waals surface area contributed by atoms with Crippen molar-refractivity contribution in [3.05, 3.63) is 132 Å². The second-order valence-electron chi connectivity index (χ2n) is 14.0. The molecule has 0 radical (unpaired) electrons. The second kappa shape index (κ2) is 27.4. The van der Waals surface area contributed by atoms with Crippen LogP contribution in [0.25, 0.3) is 0 Å². The molecule has 0 atom stereocenters. The van der Waals surface area contributed by atoms with Crippen LogP contribution in [0.2, 0.25) is 0 Å². The number of esters is 4. The Bertz CT molecular complexity index is 1880. The van der Waals surface area contributed by atoms with Crippen molar-refractivity contribution in [2.24, 2.45) is 0 Å². The number of hydrogen-bond donors (Lipinski definition) is 0. The van der Waals surface area contributed by atoms with E-state index >= 15 is 0 Å². The summed E-state index contributed by atoms with van der Waals surface area (Å²) in [7, 11) is 0. The zero-order valence-corrected chi connectivity index (χ0v) is 36.8. The van der Waals surface area contributed by atoms with Crippen molar-refractivity contribution < 1.29 is 47.6 Å². The summed E-state index contributed by atoms with van der Waals surface area (Å²) in [5.74, 6) is 2.70. The lowest BCUT2D eigenvalue weighted by Gasteiger charge is -2.11. The van der Waals surface area contributed by atoms with Gasteiger partial charge >= 0.3 is 23.9 Å². The molecule has 0 saturated carbocycles. The molecular formula is C49H56O10S2. The fraction of sp³-hybridized carbons (Fsp3) is 0.347. The van der Waals surface area contributed by atoms with Gasteiger partial charge in [0.15, 0.2) is 0 Å². The Balaban J connectivity index is 1.03. The van der Waals surface area contributed by atoms with Gasteiger partial charge < -0.3 is 28.4 Å². The van der Waals surface area contributed by atoms with Crippen molar-refractivity contribution in [2.75, 3.05) is 37.9 Å². The SMILES string of the molecule is C=CC(=O)OCCCCOc1ccc(OC(=O)c2ccc(SCCCCCCCSc3ccc(C(=O)Oc4ccc(OCCCCOC(=O)C=C)cc4C)cc3)cc2)c(C)c1. The highest BCUT2D eigenvalue weighted by Crippen LogP contribution is 2.28. The molecule has 0 N–H and O–H groups in total. The summed E-state index contributed by atoms with van der Waals surface area (Å²) in [6, 6.07) is 25.8. The molecule has 4 aromatic rings. The summed E-state index contributed by atoms with van der Waals surface area (Å²) >= 11 is 3.58. The van der Waals surface area contributed by atoms with Crippen molar-refractivity contribution >= 4 is 47.4 Å². The first-order chi connectivity index (χ1) is 29.6. The van der Waals surface area contributed by atoms with Gasteiger partial charge in [-0.25, -0.2) is 19.2 Å². The van der Waals surface area contributed by atoms with Crippen LogP contribution in [-0.4, -0.2) is 61.8 Å². The van der Waals surface area contributed by atoms with Crippen LogP contribution in [0.4, 0.5) is 0 Å². The number of hydrogen-bond acceptors (Lipinski definition) is 12. The summed E-state index contributed by atoms with van der Waals surface area (Å²) in [6.07, 6.45) is 10.9. The maximum Gasteiger partial charge on any atom is 0.343 e. The van der Waals surface area contributed by atoms with Gasteiger partial charge in [-0.2, -0.15) is 0 Å². The van der Waals surface area contributed by atoms with Crippen LogP contribution < -0.4 is 18.9 Å². The van der Waals surface area contributed by atoms with Crippen LogP contribution in [-0.2, 0) is 19.1 Å². The molecule has 10 nitrogen and oxygen atoms in total. The van der Waals surface area contributed by atoms with Gasteiger partial charge in [0.2, 0.25) is 0 Å². The average Bonchev–Trinajstić information content (AvgIpc) is 3.27. The molecule has 0 fully saturated rings. The van der Waals surface area contributed by atoms with Crippen LogP contribution in [0.15, 0.2) is 120 Å². The molecule has 12 heteroatoms. The summed E-state index contributed by atoms with van der Waals surface area (Å²) in [5, 5.41) is 0. The zero-order chi connectivity index (χ0) is 43.7. The van der Waals surface area contributed by atoms with E-state index in [0.29, 0.717) is 73.4 Å². The first-order valence-electron chi connectivity index (χ1n) is 20.6. The van der Waals surface area contributed by atoms with E-state index in [1.165, 1.54) is 19.3 Å². The van der Waals surface area contributed by atoms with Crippen LogP contribution in [0.5, 0.6) is 23.0 Å². The number of thioether (sulfide) groups is 2. The Morgan fingerprint density at radius 3 is 1.25 bits per heavy atom. The number of carbonyl (C=O) groups is 4. The highest BCUT2D eigenvalue weighted by molar-refractivity contribution is 7.99. The molecule has 4 aromatic carbocycles. The maximum atomic E-state index is 12.8. The van der Waals surface area contributed by atoms with E-state index < -0.39 is 23.9 Å². The Morgan fingerprint density at radius 2 is 0.869 bits per heavy atom. The van der Waals surface area contributed by atoms with E-state index in [1.807, 2.05) is 50.2 Å². The van der Waals surface area contributed by atoms with Gasteiger partial charge in [0.1, 0.15) is 23.0 Å². The minimum atomic E-state index is -0.427. The topological polar surface area (TPSA) is 124 Å². The number of benzene rings is 4. The van der Waals surface area contributed by atoms with E-state index in [4.69, 9.17) is 28.4 Å². The molecule has 0 aliphatic heterocycles. The Labute approximate surface area is 368 Å². The molecule has 61 heavy (non-hydrogen) atoms. The monoisotopic (exact) mass is 868 g/mol. The third-order valence-corrected chi connectivity index (χ3v) is 11.3. The van der Waals surface area contributed by atoms with Gasteiger partial charge in [0, 0.05) is 21.9 Å². The summed E-state index contributed by atoms with van der Waals surface area (Å²) in [5.41, 5.74) is 2.58. The van der Waals surface area contributed by atoms with Crippen molar-refractivity contribution in [3.8, 4) is 23.0 Å². The molecule has 0 spiro atoms. The lowest BCUT2D eigenvalue weighted by molar-refractivity contribution is -0.138. The normalized spacial score (nSPS) is 10.7. The lowest BCUT2D eigenvalue weighted by Crippen LogP contribution is -2.09. The molecule has 0 unspecified atom stereocenters. The summed E-state index contributed by atoms with van der Waals surface area (Å²) in [4.78, 5) is 50.1. The average molecular weight is 869 g/mol. The van der Waals surface area contributed by atoms with E-state index in [9.17, 15) is 19.2 Å². The van der Waals surface area contributed by atoms with Gasteiger partial charge in [-0.1, -0.05) is 32.4 Å². The highest BCUT2D eigenvalue weighted by Gasteiger charge is 2.13. The zero-order valence-electron chi connectivity index (χ0n) is 35.2. The molecule has 0 heterocycles. The van der Waals surface area contributed by atoms with Crippen molar-refractivity contribution in [2.45, 2.75) is 81.4 Å². The van der Waals surface area contributed by atoms with Crippen LogP contribution >= 0.6 is 23.5 Å². The lowest BCUT2D eigenvalue weighted by atomic mass is 10.2. The number of carbonyl (C=O) groups excluding carboxylic acids is 4. The van der Waals surface area contributed by atoms with Crippen LogP contribution in [0.1, 0.15) is 89.6 Å². The quantitative estimate of drug-likeness (QED) is 0.0177. The third-order valence-electron chi connectivity index (χ3n) is 9.14. The smallest absolute Gasteiger partial charge is 0.343 e. The van der Waals surface area contributed by atoms with E-state index in [-0.39, 0.29) is 0 Å². The first kappa shape index (κ1) is 48.2. The van der Waals surface area contributed by atoms with Crippen molar-refractivity contribution in [1.29, 1.82) is 0 Å². The highest BCUT2D eigenvalue weighted by atomic mass is 32.2. The van der Waals surface area contributed by atoms with Gasteiger partial charge in [-0.15, -0.1) is 23.5 Å². The van der Waals surface area contributed by atoms with Crippen molar-refractivity contribution in [1.82, 2.24) is 0 Å². The Hall–Kier alpha value is -5.46. The Kier molecular flexibility index (Phi) is 21.7. The molecule has 0 bridgehead atoms. The fourth-order valence-electron chi connectivity index (χ4n) is 5.71. The summed E-state index contributed by atoms with van der Waals surface area (Å²) in [6.45, 7) is 12.1. The van der Waals surface area contributed by atoms with Gasteiger partial charge in [-0.3, -0.25) is 0 Å². The molecular weight excluding hydrogens is 813 g/mol. The predicted octanol–water partition coefficient (Wildman–Crippen LogP) is 11.4. The molecule has 0 aliphatic rings. The first-order valence-corrected chi connectivity index (χ1v) is 22.6. The van der Waals surface area contributed by atoms with Crippen LogP contribution in [0, 0.1) is 13.8 Å². The predicted molar refractivity (Wildman–Crippen MR) is 241 cm³/mol.